The van der Waals surface area contributed by atoms with Crippen LogP contribution in [0.4, 0.5) is 0 Å². The van der Waals surface area contributed by atoms with Gasteiger partial charge in [-0.15, -0.1) is 0 Å². The fourth-order valence-electron chi connectivity index (χ4n) is 0.954. The molecule has 0 spiro atoms. The summed E-state index contributed by atoms with van der Waals surface area (Å²) >= 11 is 9.13. The van der Waals surface area contributed by atoms with Crippen LogP contribution in [0.1, 0.15) is 34.6 Å². The van der Waals surface area contributed by atoms with Gasteiger partial charge in [0.05, 0.1) is 12.2 Å². The molecule has 2 nitrogen and oxygen atoms in total. The molecule has 0 saturated heterocycles. The van der Waals surface area contributed by atoms with E-state index in [9.17, 15) is 0 Å². The van der Waals surface area contributed by atoms with Crippen LogP contribution in [0.15, 0.2) is 0 Å². The second kappa shape index (κ2) is 9.23. The van der Waals surface area contributed by atoms with Gasteiger partial charge in [0.15, 0.2) is 0 Å². The van der Waals surface area contributed by atoms with E-state index in [4.69, 9.17) is 20.9 Å². The molecule has 0 unspecified atom stereocenters. The van der Waals surface area contributed by atoms with Gasteiger partial charge in [-0.25, -0.2) is 0 Å². The van der Waals surface area contributed by atoms with E-state index >= 15 is 0 Å². The van der Waals surface area contributed by atoms with Crippen molar-refractivity contribution >= 4 is 40.6 Å². The lowest BCUT2D eigenvalue weighted by molar-refractivity contribution is 0.186. The lowest BCUT2D eigenvalue weighted by atomic mass is 10.5. The zero-order chi connectivity index (χ0) is 12.6. The van der Waals surface area contributed by atoms with Gasteiger partial charge in [-0.3, -0.25) is 0 Å². The minimum Gasteiger partial charge on any atom is -0.319 e. The molecule has 0 saturated carbocycles. The Labute approximate surface area is 114 Å². The summed E-state index contributed by atoms with van der Waals surface area (Å²) < 4.78 is 11.6. The van der Waals surface area contributed by atoms with Gasteiger partial charge in [-0.05, 0) is 45.3 Å². The summed E-state index contributed by atoms with van der Waals surface area (Å²) in [5, 5.41) is 0. The Kier molecular flexibility index (Phi) is 9.97. The fraction of sp³-hybridized carbons (Fsp3) is 1.00. The maximum absolute atomic E-state index is 5.79. The third-order valence-corrected chi connectivity index (χ3v) is 8.06. The van der Waals surface area contributed by atoms with Crippen molar-refractivity contribution in [2.45, 2.75) is 46.8 Å². The number of rotatable bonds is 9. The Bertz CT molecular complexity index is 208. The lowest BCUT2D eigenvalue weighted by Crippen LogP contribution is -2.06. The topological polar surface area (TPSA) is 18.5 Å². The second-order valence-electron chi connectivity index (χ2n) is 3.79. The van der Waals surface area contributed by atoms with Crippen molar-refractivity contribution in [2.75, 3.05) is 17.3 Å². The van der Waals surface area contributed by atoms with Crippen molar-refractivity contribution in [3.05, 3.63) is 0 Å². The van der Waals surface area contributed by atoms with Gasteiger partial charge in [0.25, 0.3) is 0 Å². The Morgan fingerprint density at radius 2 is 1.56 bits per heavy atom. The average molecular weight is 302 g/mol. The van der Waals surface area contributed by atoms with Crippen LogP contribution >= 0.6 is 28.8 Å². The Morgan fingerprint density at radius 3 is 1.94 bits per heavy atom. The highest BCUT2D eigenvalue weighted by Crippen LogP contribution is 2.62. The van der Waals surface area contributed by atoms with E-state index in [1.807, 2.05) is 39.5 Å². The summed E-state index contributed by atoms with van der Waals surface area (Å²) in [4.78, 5) is 0. The van der Waals surface area contributed by atoms with Crippen molar-refractivity contribution in [1.82, 2.24) is 0 Å². The summed E-state index contributed by atoms with van der Waals surface area (Å²) in [6.45, 7) is 10.2. The van der Waals surface area contributed by atoms with E-state index in [-0.39, 0.29) is 12.2 Å². The van der Waals surface area contributed by atoms with Gasteiger partial charge < -0.3 is 9.05 Å². The molecule has 16 heavy (non-hydrogen) atoms. The first kappa shape index (κ1) is 17.3. The van der Waals surface area contributed by atoms with Crippen molar-refractivity contribution in [2.24, 2.45) is 0 Å². The molecule has 0 aliphatic rings. The predicted molar refractivity (Wildman–Crippen MR) is 82.2 cm³/mol. The molecule has 0 atom stereocenters. The van der Waals surface area contributed by atoms with Crippen LogP contribution in [-0.2, 0) is 20.9 Å². The minimum atomic E-state index is -2.14. The predicted octanol–water partition coefficient (Wildman–Crippen LogP) is 4.55. The first-order valence-corrected chi connectivity index (χ1v) is 11.0. The standard InChI is InChI=1S/C10H23O2PS3/c1-6-15-7-8-16-13(14,11-9(2)3)12-10(4)5/h9-10H,6-8H2,1-5H3. The summed E-state index contributed by atoms with van der Waals surface area (Å²) in [5.74, 6) is 3.28. The molecule has 0 fully saturated rings. The maximum Gasteiger partial charge on any atom is 0.247 e. The summed E-state index contributed by atoms with van der Waals surface area (Å²) in [5.41, 5.74) is -2.14. The van der Waals surface area contributed by atoms with E-state index < -0.39 is 5.69 Å². The molecule has 0 heterocycles. The molecule has 0 amide bonds. The van der Waals surface area contributed by atoms with Crippen LogP contribution in [0.25, 0.3) is 0 Å². The molecule has 0 aromatic carbocycles. The van der Waals surface area contributed by atoms with Gasteiger partial charge in [-0.2, -0.15) is 11.8 Å². The van der Waals surface area contributed by atoms with Crippen LogP contribution in [0.2, 0.25) is 0 Å². The normalized spacial score (nSPS) is 12.7. The third-order valence-electron chi connectivity index (χ3n) is 1.36. The van der Waals surface area contributed by atoms with Crippen molar-refractivity contribution in [3.8, 4) is 0 Å². The summed E-state index contributed by atoms with van der Waals surface area (Å²) in [6.07, 6.45) is 0.270. The first-order valence-electron chi connectivity index (χ1n) is 5.58. The zero-order valence-electron chi connectivity index (χ0n) is 10.8. The van der Waals surface area contributed by atoms with Gasteiger partial charge in [0, 0.05) is 11.5 Å². The third kappa shape index (κ3) is 9.32. The highest BCUT2D eigenvalue weighted by atomic mass is 32.9. The number of hydrogen-bond donors (Lipinski definition) is 0. The van der Waals surface area contributed by atoms with Gasteiger partial charge in [-0.1, -0.05) is 18.3 Å². The fourth-order valence-corrected chi connectivity index (χ4v) is 7.88. The van der Waals surface area contributed by atoms with Gasteiger partial charge >= 0.3 is 0 Å². The van der Waals surface area contributed by atoms with Crippen molar-refractivity contribution in [3.63, 3.8) is 0 Å². The molecule has 0 radical (unpaired) electrons. The molecule has 0 aliphatic carbocycles. The molecule has 0 bridgehead atoms. The zero-order valence-corrected chi connectivity index (χ0v) is 14.1. The van der Waals surface area contributed by atoms with E-state index in [1.165, 1.54) is 0 Å². The summed E-state index contributed by atoms with van der Waals surface area (Å²) in [7, 11) is 0. The molecule has 6 heteroatoms. The molecular weight excluding hydrogens is 279 g/mol. The molecule has 0 aromatic heterocycles. The molecule has 0 rings (SSSR count). The lowest BCUT2D eigenvalue weighted by Gasteiger charge is -2.25. The van der Waals surface area contributed by atoms with Crippen molar-refractivity contribution in [1.29, 1.82) is 0 Å². The SMILES string of the molecule is CCSCCSP(=S)(OC(C)C)OC(C)C. The van der Waals surface area contributed by atoms with Crippen LogP contribution in [0.3, 0.4) is 0 Å². The smallest absolute Gasteiger partial charge is 0.247 e. The monoisotopic (exact) mass is 302 g/mol. The van der Waals surface area contributed by atoms with Crippen LogP contribution in [0, 0.1) is 0 Å². The van der Waals surface area contributed by atoms with Crippen LogP contribution in [0.5, 0.6) is 0 Å². The Balaban J connectivity index is 4.14. The average Bonchev–Trinajstić information content (AvgIpc) is 2.09. The molecule has 0 N–H and O–H groups in total. The largest absolute Gasteiger partial charge is 0.319 e. The van der Waals surface area contributed by atoms with E-state index in [2.05, 4.69) is 6.92 Å². The van der Waals surface area contributed by atoms with E-state index in [0.29, 0.717) is 0 Å². The van der Waals surface area contributed by atoms with Gasteiger partial charge in [0.2, 0.25) is 5.69 Å². The molecule has 0 aromatic rings. The maximum atomic E-state index is 5.79. The quantitative estimate of drug-likeness (QED) is 0.458. The van der Waals surface area contributed by atoms with E-state index in [1.54, 1.807) is 11.4 Å². The molecule has 0 aliphatic heterocycles. The number of thioether (sulfide) groups is 1. The Morgan fingerprint density at radius 1 is 1.06 bits per heavy atom. The molecular formula is C10H23O2PS3. The molecule has 98 valence electrons. The van der Waals surface area contributed by atoms with Crippen molar-refractivity contribution < 1.29 is 9.05 Å². The van der Waals surface area contributed by atoms with Crippen LogP contribution in [-0.4, -0.2) is 29.5 Å². The Hall–Kier alpha value is 1.27. The van der Waals surface area contributed by atoms with E-state index in [0.717, 1.165) is 17.3 Å². The van der Waals surface area contributed by atoms with Gasteiger partial charge in [0.1, 0.15) is 0 Å². The minimum absolute atomic E-state index is 0.135. The number of hydrogen-bond acceptors (Lipinski definition) is 5. The van der Waals surface area contributed by atoms with Crippen LogP contribution < -0.4 is 0 Å². The highest BCUT2D eigenvalue weighted by molar-refractivity contribution is 8.68. The first-order chi connectivity index (χ1) is 7.39. The highest BCUT2D eigenvalue weighted by Gasteiger charge is 2.22. The second-order valence-corrected chi connectivity index (χ2v) is 11.5. The summed E-state index contributed by atoms with van der Waals surface area (Å²) in [6, 6.07) is 0.